The van der Waals surface area contributed by atoms with Gasteiger partial charge in [-0.25, -0.2) is 4.79 Å². The Morgan fingerprint density at radius 1 is 0.971 bits per heavy atom. The molecule has 0 saturated carbocycles. The molecule has 1 saturated heterocycles. The molecule has 0 radical (unpaired) electrons. The molecule has 35 heavy (non-hydrogen) atoms. The van der Waals surface area contributed by atoms with Gasteiger partial charge in [0, 0.05) is 5.56 Å². The van der Waals surface area contributed by atoms with E-state index in [0.717, 1.165) is 0 Å². The zero-order valence-corrected chi connectivity index (χ0v) is 19.3. The minimum absolute atomic E-state index is 0.00368. The summed E-state index contributed by atoms with van der Waals surface area (Å²) in [6.07, 6.45) is 1.47. The van der Waals surface area contributed by atoms with Crippen LogP contribution in [0.4, 0.5) is 0 Å². The highest BCUT2D eigenvalue weighted by atomic mass is 16.5. The predicted octanol–water partition coefficient (Wildman–Crippen LogP) is 3.71. The number of amides is 1. The summed E-state index contributed by atoms with van der Waals surface area (Å²) < 4.78 is 20.7. The molecule has 1 aromatic heterocycles. The fourth-order valence-electron chi connectivity index (χ4n) is 4.02. The lowest BCUT2D eigenvalue weighted by molar-refractivity contribution is -0.140. The SMILES string of the molecule is COC(=O)c1ccc(C2C(=C(O)c3ccc(OC)c(OC)c3)C(=O)C(=O)N2Cc2ccco2)cc1. The van der Waals surface area contributed by atoms with E-state index in [9.17, 15) is 19.5 Å². The molecule has 1 amide bonds. The van der Waals surface area contributed by atoms with Gasteiger partial charge in [-0.1, -0.05) is 12.1 Å². The number of aliphatic hydroxyl groups is 1. The number of ether oxygens (including phenoxy) is 3. The molecule has 9 nitrogen and oxygen atoms in total. The van der Waals surface area contributed by atoms with Gasteiger partial charge in [0.05, 0.1) is 51.3 Å². The molecule has 180 valence electrons. The van der Waals surface area contributed by atoms with Crippen molar-refractivity contribution in [3.8, 4) is 11.5 Å². The number of Topliss-reactive ketones (excluding diaryl/α,β-unsaturated/α-hetero) is 1. The lowest BCUT2D eigenvalue weighted by Gasteiger charge is -2.24. The third kappa shape index (κ3) is 4.35. The minimum Gasteiger partial charge on any atom is -0.507 e. The molecule has 1 aliphatic rings. The summed E-state index contributed by atoms with van der Waals surface area (Å²) in [7, 11) is 4.21. The van der Waals surface area contributed by atoms with Gasteiger partial charge >= 0.3 is 5.97 Å². The van der Waals surface area contributed by atoms with E-state index in [1.165, 1.54) is 50.7 Å². The van der Waals surface area contributed by atoms with E-state index in [-0.39, 0.29) is 23.4 Å². The lowest BCUT2D eigenvalue weighted by Crippen LogP contribution is -2.29. The fourth-order valence-corrected chi connectivity index (χ4v) is 4.02. The van der Waals surface area contributed by atoms with Crippen LogP contribution in [0, 0.1) is 0 Å². The van der Waals surface area contributed by atoms with Crippen molar-refractivity contribution in [1.29, 1.82) is 0 Å². The Kier molecular flexibility index (Phi) is 6.59. The van der Waals surface area contributed by atoms with E-state index in [0.29, 0.717) is 28.4 Å². The van der Waals surface area contributed by atoms with Crippen molar-refractivity contribution in [2.75, 3.05) is 21.3 Å². The van der Waals surface area contributed by atoms with E-state index in [4.69, 9.17) is 18.6 Å². The van der Waals surface area contributed by atoms with Crippen LogP contribution in [0.1, 0.15) is 33.3 Å². The van der Waals surface area contributed by atoms with E-state index >= 15 is 0 Å². The van der Waals surface area contributed by atoms with Crippen molar-refractivity contribution in [3.05, 3.63) is 88.9 Å². The Labute approximate surface area is 201 Å². The van der Waals surface area contributed by atoms with Gasteiger partial charge < -0.3 is 28.6 Å². The van der Waals surface area contributed by atoms with Crippen LogP contribution >= 0.6 is 0 Å². The summed E-state index contributed by atoms with van der Waals surface area (Å²) in [6, 6.07) is 13.4. The van der Waals surface area contributed by atoms with Crippen molar-refractivity contribution in [3.63, 3.8) is 0 Å². The van der Waals surface area contributed by atoms with E-state index in [2.05, 4.69) is 0 Å². The maximum atomic E-state index is 13.2. The van der Waals surface area contributed by atoms with Crippen molar-refractivity contribution in [2.45, 2.75) is 12.6 Å². The maximum absolute atomic E-state index is 13.2. The van der Waals surface area contributed by atoms with Crippen LogP contribution in [-0.4, -0.2) is 49.0 Å². The van der Waals surface area contributed by atoms with Gasteiger partial charge in [-0.3, -0.25) is 9.59 Å². The average Bonchev–Trinajstić information content (AvgIpc) is 3.49. The van der Waals surface area contributed by atoms with Crippen molar-refractivity contribution < 1.29 is 38.1 Å². The number of nitrogens with zero attached hydrogens (tertiary/aromatic N) is 1. The van der Waals surface area contributed by atoms with Crippen molar-refractivity contribution >= 4 is 23.4 Å². The molecule has 2 heterocycles. The van der Waals surface area contributed by atoms with E-state index in [1.807, 2.05) is 0 Å². The largest absolute Gasteiger partial charge is 0.507 e. The second kappa shape index (κ2) is 9.76. The lowest BCUT2D eigenvalue weighted by atomic mass is 9.94. The maximum Gasteiger partial charge on any atom is 0.337 e. The second-order valence-electron chi connectivity index (χ2n) is 7.69. The molecule has 1 aliphatic heterocycles. The van der Waals surface area contributed by atoms with Crippen molar-refractivity contribution in [1.82, 2.24) is 4.90 Å². The summed E-state index contributed by atoms with van der Waals surface area (Å²) in [5.74, 6) is -1.26. The summed E-state index contributed by atoms with van der Waals surface area (Å²) in [4.78, 5) is 39.4. The first-order valence-corrected chi connectivity index (χ1v) is 10.6. The third-order valence-corrected chi connectivity index (χ3v) is 5.75. The van der Waals surface area contributed by atoms with Crippen LogP contribution in [0.3, 0.4) is 0 Å². The monoisotopic (exact) mass is 477 g/mol. The Morgan fingerprint density at radius 3 is 2.26 bits per heavy atom. The summed E-state index contributed by atoms with van der Waals surface area (Å²) in [5, 5.41) is 11.2. The Morgan fingerprint density at radius 2 is 1.66 bits per heavy atom. The molecule has 1 unspecified atom stereocenters. The van der Waals surface area contributed by atoms with Crippen LogP contribution in [-0.2, 0) is 20.9 Å². The topological polar surface area (TPSA) is 116 Å². The molecular weight excluding hydrogens is 454 g/mol. The predicted molar refractivity (Wildman–Crippen MR) is 124 cm³/mol. The van der Waals surface area contributed by atoms with Crippen LogP contribution in [0.15, 0.2) is 70.9 Å². The van der Waals surface area contributed by atoms with Gasteiger partial charge in [-0.05, 0) is 48.0 Å². The molecule has 0 aliphatic carbocycles. The molecule has 1 atom stereocenters. The second-order valence-corrected chi connectivity index (χ2v) is 7.69. The Hall–Kier alpha value is -4.53. The number of likely N-dealkylation sites (tertiary alicyclic amines) is 1. The molecular formula is C26H23NO8. The molecule has 1 fully saturated rings. The first-order valence-electron chi connectivity index (χ1n) is 10.6. The van der Waals surface area contributed by atoms with Crippen LogP contribution in [0.5, 0.6) is 11.5 Å². The van der Waals surface area contributed by atoms with Gasteiger partial charge in [0.15, 0.2) is 11.5 Å². The molecule has 4 rings (SSSR count). The van der Waals surface area contributed by atoms with E-state index < -0.39 is 23.7 Å². The molecule has 3 aromatic rings. The number of ketones is 1. The number of methoxy groups -OCH3 is 3. The van der Waals surface area contributed by atoms with Crippen LogP contribution in [0.25, 0.3) is 5.76 Å². The summed E-state index contributed by atoms with van der Waals surface area (Å²) >= 11 is 0. The molecule has 0 bridgehead atoms. The summed E-state index contributed by atoms with van der Waals surface area (Å²) in [5.41, 5.74) is 0.999. The smallest absolute Gasteiger partial charge is 0.337 e. The Balaban J connectivity index is 1.85. The third-order valence-electron chi connectivity index (χ3n) is 5.75. The number of hydrogen-bond donors (Lipinski definition) is 1. The van der Waals surface area contributed by atoms with Gasteiger partial charge in [-0.15, -0.1) is 0 Å². The number of carbonyl (C=O) groups is 3. The van der Waals surface area contributed by atoms with Crippen LogP contribution in [0.2, 0.25) is 0 Å². The molecule has 1 N–H and O–H groups in total. The normalized spacial score (nSPS) is 16.9. The summed E-state index contributed by atoms with van der Waals surface area (Å²) in [6.45, 7) is 0.00368. The zero-order chi connectivity index (χ0) is 25.1. The van der Waals surface area contributed by atoms with Gasteiger partial charge in [0.1, 0.15) is 11.5 Å². The van der Waals surface area contributed by atoms with Gasteiger partial charge in [0.25, 0.3) is 11.7 Å². The number of furan rings is 1. The highest BCUT2D eigenvalue weighted by Crippen LogP contribution is 2.41. The van der Waals surface area contributed by atoms with Crippen molar-refractivity contribution in [2.24, 2.45) is 0 Å². The highest BCUT2D eigenvalue weighted by molar-refractivity contribution is 6.46. The standard InChI is InChI=1S/C26H23NO8/c1-32-19-11-10-17(13-20(19)33-2)23(28)21-22(15-6-8-16(9-7-15)26(31)34-3)27(25(30)24(21)29)14-18-5-4-12-35-18/h4-13,22,28H,14H2,1-3H3. The number of carbonyl (C=O) groups excluding carboxylic acids is 3. The minimum atomic E-state index is -0.931. The fraction of sp³-hybridized carbons (Fsp3) is 0.192. The number of aliphatic hydroxyl groups excluding tert-OH is 1. The average molecular weight is 477 g/mol. The number of rotatable bonds is 7. The van der Waals surface area contributed by atoms with Crippen LogP contribution < -0.4 is 9.47 Å². The quantitative estimate of drug-likeness (QED) is 0.237. The number of hydrogen-bond acceptors (Lipinski definition) is 8. The molecule has 2 aromatic carbocycles. The first-order chi connectivity index (χ1) is 16.9. The van der Waals surface area contributed by atoms with Gasteiger partial charge in [0.2, 0.25) is 0 Å². The van der Waals surface area contributed by atoms with Gasteiger partial charge in [-0.2, -0.15) is 0 Å². The van der Waals surface area contributed by atoms with E-state index in [1.54, 1.807) is 36.4 Å². The first kappa shape index (κ1) is 23.6. The highest BCUT2D eigenvalue weighted by Gasteiger charge is 2.46. The Bertz CT molecular complexity index is 1290. The number of benzene rings is 2. The number of esters is 1. The molecule has 0 spiro atoms. The zero-order valence-electron chi connectivity index (χ0n) is 19.3. The molecule has 9 heteroatoms.